The predicted molar refractivity (Wildman–Crippen MR) is 196 cm³/mol. The number of carbonyl (C=O) groups excluding carboxylic acids is 1. The largest absolute Gasteiger partial charge is 1.00 e. The molecule has 7 rings (SSSR count). The van der Waals surface area contributed by atoms with Crippen LogP contribution in [0.25, 0.3) is 0 Å². The molecule has 3 saturated heterocycles. The average molecular weight is 783 g/mol. The van der Waals surface area contributed by atoms with E-state index in [4.69, 9.17) is 9.47 Å². The standard InChI is InChI=1S/C41H55N3O7.BrH/c1-29(42-24-38(48)32-12-14-37(47)36(23-32)43-28-46)31-13-15-39(33(22-31)26-45)50-21-7-18-44-19-16-30(17-20-44)40(25-44)51-27-41(49,35-10-5-6-11-35)34-8-3-2-4-9-34;/h2-4,8-9,12-15,22-23,28-30,35,38,40,42,45,48-49H,5-7,10-11,16-21,24-27H2,1H3,(H-,43,46,47);1H/t29-,30?,38+,40+,41-,44?;/m1./s1. The molecule has 0 aromatic heterocycles. The van der Waals surface area contributed by atoms with E-state index in [1.807, 2.05) is 43.3 Å². The molecule has 4 aliphatic rings. The molecule has 11 heteroatoms. The molecule has 1 aliphatic carbocycles. The molecule has 6 N–H and O–H groups in total. The fourth-order valence-corrected chi connectivity index (χ4v) is 8.70. The van der Waals surface area contributed by atoms with Gasteiger partial charge in [-0.15, -0.1) is 0 Å². The molecular formula is C41H56BrN3O7. The number of phenolic OH excluding ortho intramolecular Hbond substituents is 1. The first-order chi connectivity index (χ1) is 24.7. The number of aliphatic hydroxyl groups excluding tert-OH is 2. The first-order valence-electron chi connectivity index (χ1n) is 18.8. The maximum atomic E-state index is 12.0. The van der Waals surface area contributed by atoms with E-state index in [9.17, 15) is 25.2 Å². The lowest BCUT2D eigenvalue weighted by Gasteiger charge is -2.53. The van der Waals surface area contributed by atoms with Crippen molar-refractivity contribution in [3.05, 3.63) is 89.0 Å². The van der Waals surface area contributed by atoms with E-state index in [1.54, 1.807) is 12.1 Å². The summed E-state index contributed by atoms with van der Waals surface area (Å²) in [5.41, 5.74) is 2.52. The second kappa shape index (κ2) is 18.3. The molecule has 0 radical (unpaired) electrons. The number of hydrogen-bond acceptors (Lipinski definition) is 8. The minimum absolute atomic E-state index is 0. The molecule has 1 saturated carbocycles. The van der Waals surface area contributed by atoms with E-state index < -0.39 is 11.7 Å². The number of piperidine rings is 3. The Bertz CT molecular complexity index is 1580. The molecule has 0 unspecified atom stereocenters. The third-order valence-corrected chi connectivity index (χ3v) is 11.9. The van der Waals surface area contributed by atoms with Crippen LogP contribution in [-0.4, -0.2) is 83.4 Å². The SMILES string of the molecule is C[C@@H](NC[C@H](O)c1ccc(O)c(NC=O)c1)c1ccc(OCCC[N+]23CCC(CC2)[C@@H](OC[C@@](O)(c2ccccc2)C2CCCC2)C3)c(CO)c1.[Br-]. The van der Waals surface area contributed by atoms with E-state index in [-0.39, 0.29) is 59.6 Å². The van der Waals surface area contributed by atoms with Gasteiger partial charge in [-0.2, -0.15) is 0 Å². The number of fused-ring (bicyclic) bond motifs is 3. The Morgan fingerprint density at radius 1 is 1.00 bits per heavy atom. The van der Waals surface area contributed by atoms with Gasteiger partial charge in [0.15, 0.2) is 0 Å². The van der Waals surface area contributed by atoms with Crippen LogP contribution < -0.4 is 32.4 Å². The summed E-state index contributed by atoms with van der Waals surface area (Å²) in [5.74, 6) is 1.41. The quantitative estimate of drug-likeness (QED) is 0.0501. The zero-order chi connectivity index (χ0) is 35.8. The lowest BCUT2D eigenvalue weighted by molar-refractivity contribution is -0.946. The zero-order valence-electron chi connectivity index (χ0n) is 30.3. The van der Waals surface area contributed by atoms with Gasteiger partial charge in [-0.25, -0.2) is 0 Å². The number of aromatic hydroxyl groups is 1. The second-order valence-corrected chi connectivity index (χ2v) is 15.1. The molecule has 2 bridgehead atoms. The van der Waals surface area contributed by atoms with Crippen molar-refractivity contribution in [3.63, 3.8) is 0 Å². The van der Waals surface area contributed by atoms with Gasteiger partial charge in [0.2, 0.25) is 6.41 Å². The highest BCUT2D eigenvalue weighted by atomic mass is 79.9. The average Bonchev–Trinajstić information content (AvgIpc) is 3.72. The number of phenols is 1. The van der Waals surface area contributed by atoms with Crippen molar-refractivity contribution < 1.29 is 56.2 Å². The molecule has 10 nitrogen and oxygen atoms in total. The molecule has 3 aliphatic heterocycles. The number of benzene rings is 3. The number of anilines is 1. The zero-order valence-corrected chi connectivity index (χ0v) is 31.8. The number of carbonyl (C=O) groups is 1. The van der Waals surface area contributed by atoms with E-state index in [2.05, 4.69) is 22.8 Å². The van der Waals surface area contributed by atoms with Gasteiger partial charge in [-0.3, -0.25) is 4.79 Å². The van der Waals surface area contributed by atoms with Crippen LogP contribution in [0.3, 0.4) is 0 Å². The number of aliphatic hydroxyl groups is 3. The summed E-state index contributed by atoms with van der Waals surface area (Å²) in [6.45, 7) is 7.34. The van der Waals surface area contributed by atoms with Crippen LogP contribution in [0.5, 0.6) is 11.5 Å². The monoisotopic (exact) mass is 781 g/mol. The van der Waals surface area contributed by atoms with Crippen molar-refractivity contribution in [3.8, 4) is 11.5 Å². The van der Waals surface area contributed by atoms with Gasteiger partial charge < -0.3 is 62.0 Å². The molecule has 4 atom stereocenters. The topological polar surface area (TPSA) is 141 Å². The molecule has 3 aromatic carbocycles. The molecule has 1 amide bonds. The van der Waals surface area contributed by atoms with Crippen LogP contribution in [0.1, 0.15) is 86.3 Å². The number of quaternary nitrogens is 1. The highest BCUT2D eigenvalue weighted by molar-refractivity contribution is 5.75. The number of hydrogen-bond donors (Lipinski definition) is 6. The molecule has 3 aromatic rings. The first-order valence-corrected chi connectivity index (χ1v) is 18.8. The van der Waals surface area contributed by atoms with Gasteiger partial charge in [0.05, 0.1) is 51.2 Å². The highest BCUT2D eigenvalue weighted by Crippen LogP contribution is 2.43. The van der Waals surface area contributed by atoms with Crippen molar-refractivity contribution >= 4 is 12.1 Å². The summed E-state index contributed by atoms with van der Waals surface area (Å²) < 4.78 is 14.0. The highest BCUT2D eigenvalue weighted by Gasteiger charge is 2.48. The summed E-state index contributed by atoms with van der Waals surface area (Å²) in [7, 11) is 0. The van der Waals surface area contributed by atoms with Crippen molar-refractivity contribution in [2.45, 2.75) is 82.3 Å². The fourth-order valence-electron chi connectivity index (χ4n) is 8.70. The Balaban J connectivity index is 0.00000523. The van der Waals surface area contributed by atoms with Gasteiger partial charge in [-0.1, -0.05) is 55.3 Å². The van der Waals surface area contributed by atoms with Crippen molar-refractivity contribution in [1.29, 1.82) is 0 Å². The van der Waals surface area contributed by atoms with Crippen molar-refractivity contribution in [2.24, 2.45) is 11.8 Å². The number of rotatable bonds is 18. The third kappa shape index (κ3) is 9.36. The lowest BCUT2D eigenvalue weighted by Crippen LogP contribution is -3.00. The molecule has 4 fully saturated rings. The summed E-state index contributed by atoms with van der Waals surface area (Å²) in [5, 5.41) is 48.6. The molecule has 52 heavy (non-hydrogen) atoms. The summed E-state index contributed by atoms with van der Waals surface area (Å²) in [6.07, 6.45) is 7.45. The van der Waals surface area contributed by atoms with Crippen molar-refractivity contribution in [1.82, 2.24) is 5.32 Å². The van der Waals surface area contributed by atoms with E-state index >= 15 is 0 Å². The normalized spacial score (nSPS) is 23.7. The van der Waals surface area contributed by atoms with Gasteiger partial charge in [-0.05, 0) is 66.6 Å². The fraction of sp³-hybridized carbons (Fsp3) is 0.537. The van der Waals surface area contributed by atoms with E-state index in [0.29, 0.717) is 36.9 Å². The van der Waals surface area contributed by atoms with Gasteiger partial charge >= 0.3 is 0 Å². The number of nitrogens with zero attached hydrogens (tertiary/aromatic N) is 1. The molecular weight excluding hydrogens is 726 g/mol. The Hall–Kier alpha value is -3.03. The smallest absolute Gasteiger partial charge is 0.211 e. The third-order valence-electron chi connectivity index (χ3n) is 11.9. The minimum Gasteiger partial charge on any atom is -1.00 e. The molecule has 3 heterocycles. The summed E-state index contributed by atoms with van der Waals surface area (Å²) >= 11 is 0. The van der Waals surface area contributed by atoms with Crippen LogP contribution in [0.4, 0.5) is 5.69 Å². The van der Waals surface area contributed by atoms with Gasteiger partial charge in [0.1, 0.15) is 29.7 Å². The first kappa shape index (κ1) is 40.2. The Kier molecular flexibility index (Phi) is 14.2. The van der Waals surface area contributed by atoms with Crippen LogP contribution in [0.2, 0.25) is 0 Å². The number of nitrogens with one attached hydrogen (secondary N) is 2. The predicted octanol–water partition coefficient (Wildman–Crippen LogP) is 2.31. The van der Waals surface area contributed by atoms with Crippen LogP contribution in [0.15, 0.2) is 66.7 Å². The second-order valence-electron chi connectivity index (χ2n) is 15.1. The Morgan fingerprint density at radius 2 is 1.73 bits per heavy atom. The van der Waals surface area contributed by atoms with Crippen LogP contribution >= 0.6 is 0 Å². The van der Waals surface area contributed by atoms with Gasteiger partial charge in [0.25, 0.3) is 0 Å². The lowest BCUT2D eigenvalue weighted by atomic mass is 9.80. The van der Waals surface area contributed by atoms with Crippen LogP contribution in [-0.2, 0) is 21.7 Å². The number of amides is 1. The van der Waals surface area contributed by atoms with E-state index in [1.165, 1.54) is 18.9 Å². The Morgan fingerprint density at radius 3 is 2.44 bits per heavy atom. The maximum Gasteiger partial charge on any atom is 0.211 e. The number of halogens is 1. The van der Waals surface area contributed by atoms with Crippen LogP contribution in [0, 0.1) is 11.8 Å². The number of ether oxygens (including phenoxy) is 2. The van der Waals surface area contributed by atoms with E-state index in [0.717, 1.165) is 79.5 Å². The van der Waals surface area contributed by atoms with Gasteiger partial charge in [0, 0.05) is 43.3 Å². The minimum atomic E-state index is -0.938. The summed E-state index contributed by atoms with van der Waals surface area (Å²) in [6, 6.07) is 20.5. The van der Waals surface area contributed by atoms with Crippen molar-refractivity contribution in [2.75, 3.05) is 51.3 Å². The Labute approximate surface area is 318 Å². The molecule has 0 spiro atoms. The maximum absolute atomic E-state index is 12.0. The molecule has 284 valence electrons. The summed E-state index contributed by atoms with van der Waals surface area (Å²) in [4.78, 5) is 10.8.